The minimum absolute atomic E-state index is 0.172. The van der Waals surface area contributed by atoms with Crippen molar-refractivity contribution in [3.8, 4) is 5.75 Å². The molecule has 2 aromatic rings. The lowest BCUT2D eigenvalue weighted by Crippen LogP contribution is -2.41. The summed E-state index contributed by atoms with van der Waals surface area (Å²) in [4.78, 5) is 14.7. The van der Waals surface area contributed by atoms with E-state index in [9.17, 15) is 4.79 Å². The number of hydrogen-bond donors (Lipinski definition) is 0. The summed E-state index contributed by atoms with van der Waals surface area (Å²) in [6.07, 6.45) is 0.681. The van der Waals surface area contributed by atoms with E-state index < -0.39 is 5.79 Å². The van der Waals surface area contributed by atoms with Gasteiger partial charge in [0.15, 0.2) is 0 Å². The molecule has 0 aromatic heterocycles. The molecule has 1 spiro atoms. The van der Waals surface area contributed by atoms with E-state index in [2.05, 4.69) is 15.9 Å². The van der Waals surface area contributed by atoms with Crippen molar-refractivity contribution in [2.24, 2.45) is 0 Å². The van der Waals surface area contributed by atoms with Gasteiger partial charge in [-0.1, -0.05) is 27.5 Å². The predicted molar refractivity (Wildman–Crippen MR) is 102 cm³/mol. The van der Waals surface area contributed by atoms with E-state index in [0.29, 0.717) is 37.8 Å². The Morgan fingerprint density at radius 2 is 1.88 bits per heavy atom. The zero-order valence-electron chi connectivity index (χ0n) is 13.9. The van der Waals surface area contributed by atoms with Gasteiger partial charge in [-0.15, -0.1) is 0 Å². The van der Waals surface area contributed by atoms with Crippen LogP contribution in [0.15, 0.2) is 46.9 Å². The molecule has 0 saturated carbocycles. The maximum absolute atomic E-state index is 13.0. The molecule has 2 aliphatic rings. The van der Waals surface area contributed by atoms with E-state index >= 15 is 0 Å². The standard InChI is InChI=1S/C19H17BrClNO4/c20-13-2-7-17-16(12-13)19(25-10-11-26-19)18(23)22(17)8-1-9-24-15-5-3-14(21)4-6-15/h2-7,12H,1,8-11H2. The molecule has 1 fully saturated rings. The predicted octanol–water partition coefficient (Wildman–Crippen LogP) is 4.12. The molecule has 5 nitrogen and oxygen atoms in total. The number of amides is 1. The van der Waals surface area contributed by atoms with E-state index in [0.717, 1.165) is 21.5 Å². The number of halogens is 2. The fourth-order valence-corrected chi connectivity index (χ4v) is 3.75. The summed E-state index contributed by atoms with van der Waals surface area (Å²) in [7, 11) is 0. The second kappa shape index (κ2) is 7.19. The zero-order chi connectivity index (χ0) is 18.1. The van der Waals surface area contributed by atoms with Crippen molar-refractivity contribution in [1.82, 2.24) is 0 Å². The summed E-state index contributed by atoms with van der Waals surface area (Å²) < 4.78 is 18.1. The maximum atomic E-state index is 13.0. The molecule has 2 aromatic carbocycles. The van der Waals surface area contributed by atoms with Gasteiger partial charge in [0.05, 0.1) is 25.5 Å². The van der Waals surface area contributed by atoms with Crippen LogP contribution in [-0.2, 0) is 20.1 Å². The van der Waals surface area contributed by atoms with Gasteiger partial charge >= 0.3 is 0 Å². The second-order valence-electron chi connectivity index (χ2n) is 6.09. The van der Waals surface area contributed by atoms with Crippen molar-refractivity contribution >= 4 is 39.1 Å². The number of benzene rings is 2. The smallest absolute Gasteiger partial charge is 0.292 e. The minimum Gasteiger partial charge on any atom is -0.494 e. The second-order valence-corrected chi connectivity index (χ2v) is 7.44. The van der Waals surface area contributed by atoms with Gasteiger partial charge in [-0.2, -0.15) is 0 Å². The van der Waals surface area contributed by atoms with E-state index in [1.807, 2.05) is 30.3 Å². The molecule has 0 atom stereocenters. The van der Waals surface area contributed by atoms with Crippen LogP contribution < -0.4 is 9.64 Å². The highest BCUT2D eigenvalue weighted by Crippen LogP contribution is 2.46. The maximum Gasteiger partial charge on any atom is 0.292 e. The SMILES string of the molecule is O=C1N(CCCOc2ccc(Cl)cc2)c2ccc(Br)cc2C12OCCO2. The van der Waals surface area contributed by atoms with Crippen LogP contribution in [0.25, 0.3) is 0 Å². The van der Waals surface area contributed by atoms with Gasteiger partial charge in [0, 0.05) is 21.6 Å². The van der Waals surface area contributed by atoms with Crippen LogP contribution in [0, 0.1) is 0 Å². The molecule has 4 rings (SSSR count). The number of ether oxygens (including phenoxy) is 3. The highest BCUT2D eigenvalue weighted by atomic mass is 79.9. The average molecular weight is 439 g/mol. The summed E-state index contributed by atoms with van der Waals surface area (Å²) in [5.74, 6) is -0.712. The van der Waals surface area contributed by atoms with E-state index in [-0.39, 0.29) is 5.91 Å². The van der Waals surface area contributed by atoms with Crippen molar-refractivity contribution in [3.63, 3.8) is 0 Å². The average Bonchev–Trinajstić information content (AvgIpc) is 3.21. The fourth-order valence-electron chi connectivity index (χ4n) is 3.27. The molecule has 26 heavy (non-hydrogen) atoms. The molecule has 1 saturated heterocycles. The normalized spacial score (nSPS) is 17.8. The molecular weight excluding hydrogens is 422 g/mol. The Kier molecular flexibility index (Phi) is 4.92. The molecule has 0 radical (unpaired) electrons. The first-order chi connectivity index (χ1) is 12.6. The zero-order valence-corrected chi connectivity index (χ0v) is 16.3. The van der Waals surface area contributed by atoms with Crippen LogP contribution in [0.5, 0.6) is 5.75 Å². The molecule has 0 aliphatic carbocycles. The third kappa shape index (κ3) is 3.11. The van der Waals surface area contributed by atoms with Crippen molar-refractivity contribution in [3.05, 3.63) is 57.5 Å². The number of nitrogens with zero attached hydrogens (tertiary/aromatic N) is 1. The largest absolute Gasteiger partial charge is 0.494 e. The number of carbonyl (C=O) groups is 1. The van der Waals surface area contributed by atoms with E-state index in [4.69, 9.17) is 25.8 Å². The van der Waals surface area contributed by atoms with E-state index in [1.54, 1.807) is 17.0 Å². The first kappa shape index (κ1) is 17.8. The lowest BCUT2D eigenvalue weighted by atomic mass is 10.1. The van der Waals surface area contributed by atoms with Gasteiger partial charge in [0.1, 0.15) is 5.75 Å². The first-order valence-electron chi connectivity index (χ1n) is 8.38. The van der Waals surface area contributed by atoms with Crippen LogP contribution >= 0.6 is 27.5 Å². The Balaban J connectivity index is 1.45. The van der Waals surface area contributed by atoms with Crippen LogP contribution in [-0.4, -0.2) is 32.3 Å². The minimum atomic E-state index is -1.30. The first-order valence-corrected chi connectivity index (χ1v) is 9.55. The molecule has 2 heterocycles. The highest BCUT2D eigenvalue weighted by molar-refractivity contribution is 9.10. The number of hydrogen-bond acceptors (Lipinski definition) is 4. The van der Waals surface area contributed by atoms with Crippen LogP contribution in [0.3, 0.4) is 0 Å². The Labute approximate surface area is 164 Å². The molecule has 1 amide bonds. The van der Waals surface area contributed by atoms with Gasteiger partial charge in [0.25, 0.3) is 11.7 Å². The Morgan fingerprint density at radius 3 is 2.62 bits per heavy atom. The summed E-state index contributed by atoms with van der Waals surface area (Å²) in [6.45, 7) is 1.83. The topological polar surface area (TPSA) is 48.0 Å². The molecule has 7 heteroatoms. The number of carbonyl (C=O) groups excluding carboxylic acids is 1. The van der Waals surface area contributed by atoms with Gasteiger partial charge in [-0.3, -0.25) is 4.79 Å². The van der Waals surface area contributed by atoms with Gasteiger partial charge in [-0.05, 0) is 48.9 Å². The fraction of sp³-hybridized carbons (Fsp3) is 0.316. The van der Waals surface area contributed by atoms with Crippen LogP contribution in [0.4, 0.5) is 5.69 Å². The van der Waals surface area contributed by atoms with Crippen molar-refractivity contribution < 1.29 is 19.0 Å². The summed E-state index contributed by atoms with van der Waals surface area (Å²) >= 11 is 9.33. The molecular formula is C19H17BrClNO4. The molecule has 2 aliphatic heterocycles. The van der Waals surface area contributed by atoms with Crippen LogP contribution in [0.2, 0.25) is 5.02 Å². The van der Waals surface area contributed by atoms with Gasteiger partial charge in [-0.25, -0.2) is 0 Å². The summed E-state index contributed by atoms with van der Waals surface area (Å²) in [5, 5.41) is 0.671. The Morgan fingerprint density at radius 1 is 1.15 bits per heavy atom. The number of fused-ring (bicyclic) bond motifs is 2. The van der Waals surface area contributed by atoms with Gasteiger partial charge < -0.3 is 19.1 Å². The van der Waals surface area contributed by atoms with Crippen molar-refractivity contribution in [1.29, 1.82) is 0 Å². The monoisotopic (exact) mass is 437 g/mol. The quantitative estimate of drug-likeness (QED) is 0.659. The molecule has 136 valence electrons. The third-order valence-electron chi connectivity index (χ3n) is 4.43. The number of anilines is 1. The summed E-state index contributed by atoms with van der Waals surface area (Å²) in [5.41, 5.74) is 1.58. The Hall–Kier alpha value is -1.60. The lowest BCUT2D eigenvalue weighted by molar-refractivity contribution is -0.180. The molecule has 0 unspecified atom stereocenters. The molecule has 0 bridgehead atoms. The summed E-state index contributed by atoms with van der Waals surface area (Å²) in [6, 6.07) is 12.9. The van der Waals surface area contributed by atoms with E-state index in [1.165, 1.54) is 0 Å². The van der Waals surface area contributed by atoms with Crippen molar-refractivity contribution in [2.45, 2.75) is 12.2 Å². The van der Waals surface area contributed by atoms with Crippen molar-refractivity contribution in [2.75, 3.05) is 31.3 Å². The Bertz CT molecular complexity index is 821. The van der Waals surface area contributed by atoms with Gasteiger partial charge in [0.2, 0.25) is 0 Å². The highest BCUT2D eigenvalue weighted by Gasteiger charge is 2.55. The molecule has 0 N–H and O–H groups in total. The third-order valence-corrected chi connectivity index (χ3v) is 5.18. The lowest BCUT2D eigenvalue weighted by Gasteiger charge is -2.22. The van der Waals surface area contributed by atoms with Crippen LogP contribution in [0.1, 0.15) is 12.0 Å². The number of rotatable bonds is 5.